The molecule has 2 aliphatic carbocycles. The van der Waals surface area contributed by atoms with Crippen molar-refractivity contribution in [2.24, 2.45) is 5.92 Å². The molecule has 0 radical (unpaired) electrons. The van der Waals surface area contributed by atoms with E-state index in [1.165, 1.54) is 32.2 Å². The molecule has 3 nitrogen and oxygen atoms in total. The van der Waals surface area contributed by atoms with Crippen LogP contribution in [-0.2, 0) is 13.1 Å². The summed E-state index contributed by atoms with van der Waals surface area (Å²) in [5, 5.41) is 3.40. The van der Waals surface area contributed by atoms with E-state index < -0.39 is 0 Å². The molecule has 3 heteroatoms. The molecular formula is C16H26N2O. The molecular weight excluding hydrogens is 236 g/mol. The highest BCUT2D eigenvalue weighted by atomic mass is 16.3. The monoisotopic (exact) mass is 262 g/mol. The van der Waals surface area contributed by atoms with Gasteiger partial charge in [0.2, 0.25) is 0 Å². The van der Waals surface area contributed by atoms with E-state index in [0.29, 0.717) is 6.04 Å². The fourth-order valence-corrected chi connectivity index (χ4v) is 2.52. The van der Waals surface area contributed by atoms with Gasteiger partial charge in [0.1, 0.15) is 11.5 Å². The van der Waals surface area contributed by atoms with E-state index in [1.807, 2.05) is 0 Å². The number of furan rings is 1. The van der Waals surface area contributed by atoms with Crippen molar-refractivity contribution in [1.29, 1.82) is 0 Å². The minimum absolute atomic E-state index is 0.506. The predicted octanol–water partition coefficient (Wildman–Crippen LogP) is 3.15. The second-order valence-corrected chi connectivity index (χ2v) is 6.51. The molecule has 1 N–H and O–H groups in total. The Morgan fingerprint density at radius 2 is 1.95 bits per heavy atom. The highest BCUT2D eigenvalue weighted by Crippen LogP contribution is 2.35. The molecule has 0 aliphatic heterocycles. The fourth-order valence-electron chi connectivity index (χ4n) is 2.52. The number of rotatable bonds is 8. The number of nitrogens with one attached hydrogen (secondary N) is 1. The summed E-state index contributed by atoms with van der Waals surface area (Å²) in [6.07, 6.45) is 5.64. The predicted molar refractivity (Wildman–Crippen MR) is 76.8 cm³/mol. The molecule has 2 saturated carbocycles. The summed E-state index contributed by atoms with van der Waals surface area (Å²) in [5.41, 5.74) is 0. The molecule has 1 aromatic rings. The van der Waals surface area contributed by atoms with Crippen molar-refractivity contribution in [3.05, 3.63) is 23.7 Å². The van der Waals surface area contributed by atoms with Crippen LogP contribution in [0.15, 0.2) is 16.5 Å². The van der Waals surface area contributed by atoms with Gasteiger partial charge in [0.25, 0.3) is 0 Å². The molecule has 3 rings (SSSR count). The molecule has 0 bridgehead atoms. The first-order valence-corrected chi connectivity index (χ1v) is 7.75. The highest BCUT2D eigenvalue weighted by molar-refractivity contribution is 5.08. The van der Waals surface area contributed by atoms with Crippen LogP contribution in [0.5, 0.6) is 0 Å². The Hall–Kier alpha value is -0.800. The zero-order chi connectivity index (χ0) is 13.2. The van der Waals surface area contributed by atoms with Gasteiger partial charge in [0, 0.05) is 18.6 Å². The second kappa shape index (κ2) is 5.68. The summed E-state index contributed by atoms with van der Waals surface area (Å²) < 4.78 is 5.94. The van der Waals surface area contributed by atoms with Crippen LogP contribution in [0.1, 0.15) is 51.1 Å². The average molecular weight is 262 g/mol. The maximum absolute atomic E-state index is 5.94. The van der Waals surface area contributed by atoms with Gasteiger partial charge in [-0.1, -0.05) is 13.8 Å². The zero-order valence-corrected chi connectivity index (χ0v) is 12.2. The van der Waals surface area contributed by atoms with Crippen molar-refractivity contribution in [1.82, 2.24) is 10.2 Å². The highest BCUT2D eigenvalue weighted by Gasteiger charge is 2.33. The third-order valence-electron chi connectivity index (χ3n) is 4.01. The van der Waals surface area contributed by atoms with Gasteiger partial charge >= 0.3 is 0 Å². The van der Waals surface area contributed by atoms with Gasteiger partial charge in [-0.15, -0.1) is 0 Å². The van der Waals surface area contributed by atoms with E-state index in [2.05, 4.69) is 36.2 Å². The smallest absolute Gasteiger partial charge is 0.118 e. The lowest BCUT2D eigenvalue weighted by Gasteiger charge is -2.20. The summed E-state index contributed by atoms with van der Waals surface area (Å²) >= 11 is 0. The quantitative estimate of drug-likeness (QED) is 0.780. The van der Waals surface area contributed by atoms with E-state index >= 15 is 0 Å². The zero-order valence-electron chi connectivity index (χ0n) is 12.2. The Morgan fingerprint density at radius 3 is 2.58 bits per heavy atom. The molecule has 19 heavy (non-hydrogen) atoms. The lowest BCUT2D eigenvalue weighted by atomic mass is 10.3. The van der Waals surface area contributed by atoms with Crippen molar-refractivity contribution in [2.45, 2.75) is 64.7 Å². The van der Waals surface area contributed by atoms with E-state index in [9.17, 15) is 0 Å². The van der Waals surface area contributed by atoms with Crippen LogP contribution in [0.4, 0.5) is 0 Å². The molecule has 2 aliphatic rings. The molecule has 1 heterocycles. The Balaban J connectivity index is 1.52. The van der Waals surface area contributed by atoms with Crippen LogP contribution in [-0.4, -0.2) is 23.5 Å². The molecule has 0 unspecified atom stereocenters. The van der Waals surface area contributed by atoms with Gasteiger partial charge in [0.05, 0.1) is 13.1 Å². The first-order chi connectivity index (χ1) is 9.20. The molecule has 0 spiro atoms. The Morgan fingerprint density at radius 1 is 1.21 bits per heavy atom. The lowest BCUT2D eigenvalue weighted by Crippen LogP contribution is -2.27. The number of hydrogen-bond donors (Lipinski definition) is 1. The van der Waals surface area contributed by atoms with Crippen molar-refractivity contribution < 1.29 is 4.42 Å². The van der Waals surface area contributed by atoms with Gasteiger partial charge in [-0.25, -0.2) is 0 Å². The molecule has 0 aromatic carbocycles. The van der Waals surface area contributed by atoms with Gasteiger partial charge < -0.3 is 9.73 Å². The fraction of sp³-hybridized carbons (Fsp3) is 0.750. The van der Waals surface area contributed by atoms with Gasteiger partial charge in [-0.05, 0) is 43.7 Å². The minimum Gasteiger partial charge on any atom is -0.463 e. The SMILES string of the molecule is CC(C)NCc1ccc(CN(CC2CC2)C2CC2)o1. The standard InChI is InChI=1S/C16H26N2O/c1-12(2)17-9-15-7-8-16(19-15)11-18(14-5-6-14)10-13-3-4-13/h7-8,12-14,17H,3-6,9-11H2,1-2H3. The first kappa shape index (κ1) is 13.2. The Kier molecular flexibility index (Phi) is 3.94. The van der Waals surface area contributed by atoms with Crippen LogP contribution in [0.3, 0.4) is 0 Å². The summed E-state index contributed by atoms with van der Waals surface area (Å²) in [6.45, 7) is 7.44. The molecule has 2 fully saturated rings. The second-order valence-electron chi connectivity index (χ2n) is 6.51. The van der Waals surface area contributed by atoms with E-state index in [4.69, 9.17) is 4.42 Å². The normalized spacial score (nSPS) is 19.6. The number of hydrogen-bond acceptors (Lipinski definition) is 3. The summed E-state index contributed by atoms with van der Waals surface area (Å²) in [7, 11) is 0. The van der Waals surface area contributed by atoms with Crippen molar-refractivity contribution >= 4 is 0 Å². The topological polar surface area (TPSA) is 28.4 Å². The van der Waals surface area contributed by atoms with Crippen LogP contribution < -0.4 is 5.32 Å². The Labute approximate surface area is 116 Å². The van der Waals surface area contributed by atoms with Crippen LogP contribution >= 0.6 is 0 Å². The van der Waals surface area contributed by atoms with Crippen LogP contribution in [0.2, 0.25) is 0 Å². The van der Waals surface area contributed by atoms with Crippen LogP contribution in [0.25, 0.3) is 0 Å². The Bertz CT molecular complexity index is 405. The van der Waals surface area contributed by atoms with Crippen LogP contribution in [0, 0.1) is 5.92 Å². The summed E-state index contributed by atoms with van der Waals surface area (Å²) in [5.74, 6) is 3.16. The van der Waals surface area contributed by atoms with Gasteiger partial charge in [0.15, 0.2) is 0 Å². The summed E-state index contributed by atoms with van der Waals surface area (Å²) in [4.78, 5) is 2.64. The molecule has 1 aromatic heterocycles. The van der Waals surface area contributed by atoms with E-state index in [0.717, 1.165) is 36.6 Å². The van der Waals surface area contributed by atoms with E-state index in [1.54, 1.807) is 0 Å². The largest absolute Gasteiger partial charge is 0.463 e. The van der Waals surface area contributed by atoms with Crippen molar-refractivity contribution in [2.75, 3.05) is 6.54 Å². The van der Waals surface area contributed by atoms with E-state index in [-0.39, 0.29) is 0 Å². The molecule has 106 valence electrons. The van der Waals surface area contributed by atoms with Crippen molar-refractivity contribution in [3.63, 3.8) is 0 Å². The maximum Gasteiger partial charge on any atom is 0.118 e. The third-order valence-corrected chi connectivity index (χ3v) is 4.01. The maximum atomic E-state index is 5.94. The first-order valence-electron chi connectivity index (χ1n) is 7.75. The molecule has 0 amide bonds. The minimum atomic E-state index is 0.506. The van der Waals surface area contributed by atoms with Gasteiger partial charge in [-0.2, -0.15) is 0 Å². The molecule has 0 atom stereocenters. The lowest BCUT2D eigenvalue weighted by molar-refractivity contribution is 0.222. The van der Waals surface area contributed by atoms with Crippen molar-refractivity contribution in [3.8, 4) is 0 Å². The third kappa shape index (κ3) is 4.08. The summed E-state index contributed by atoms with van der Waals surface area (Å²) in [6, 6.07) is 5.61. The number of nitrogens with zero attached hydrogens (tertiary/aromatic N) is 1. The van der Waals surface area contributed by atoms with Gasteiger partial charge in [-0.3, -0.25) is 4.90 Å². The average Bonchev–Trinajstić information content (AvgIpc) is 3.26. The molecule has 0 saturated heterocycles.